The first-order valence-corrected chi connectivity index (χ1v) is 8.94. The number of nitriles is 1. The van der Waals surface area contributed by atoms with Gasteiger partial charge in [0.05, 0.1) is 0 Å². The Morgan fingerprint density at radius 1 is 0.963 bits per heavy atom. The average molecular weight is 357 g/mol. The second-order valence-corrected chi connectivity index (χ2v) is 7.78. The van der Waals surface area contributed by atoms with Gasteiger partial charge in [0.1, 0.15) is 17.2 Å². The quantitative estimate of drug-likeness (QED) is 0.267. The summed E-state index contributed by atoms with van der Waals surface area (Å²) in [7, 11) is 0. The molecule has 0 unspecified atom stereocenters. The number of ether oxygens (including phenoxy) is 1. The van der Waals surface area contributed by atoms with Crippen molar-refractivity contribution >= 4 is 11.5 Å². The van der Waals surface area contributed by atoms with Crippen LogP contribution in [0.25, 0.3) is 16.7 Å². The lowest BCUT2D eigenvalue weighted by Crippen LogP contribution is -2.42. The minimum atomic E-state index is -0.813. The molecule has 3 rings (SSSR count). The molecule has 0 saturated heterocycles. The number of rotatable bonds is 4. The van der Waals surface area contributed by atoms with Crippen LogP contribution >= 0.6 is 0 Å². The standard InChI is InChI=1S/C24H23NO2/c1-6-23(2,3)24(4,5)27-22(26)20(15-25)21-18-13-9-7-11-16(18)17-12-8-10-14-19(17)21/h6-14H,1H2,2-5H3. The minimum absolute atomic E-state index is 0.0281. The van der Waals surface area contributed by atoms with Gasteiger partial charge in [-0.1, -0.05) is 68.5 Å². The molecule has 1 aliphatic carbocycles. The van der Waals surface area contributed by atoms with Crippen LogP contribution in [0.5, 0.6) is 0 Å². The van der Waals surface area contributed by atoms with Gasteiger partial charge in [-0.15, -0.1) is 6.58 Å². The number of benzene rings is 2. The molecule has 136 valence electrons. The van der Waals surface area contributed by atoms with Gasteiger partial charge in [-0.25, -0.2) is 4.79 Å². The van der Waals surface area contributed by atoms with Crippen molar-refractivity contribution < 1.29 is 9.53 Å². The lowest BCUT2D eigenvalue weighted by atomic mass is 9.77. The van der Waals surface area contributed by atoms with Crippen molar-refractivity contribution in [2.75, 3.05) is 0 Å². The zero-order valence-corrected chi connectivity index (χ0v) is 16.2. The molecule has 0 spiro atoms. The smallest absolute Gasteiger partial charge is 0.350 e. The zero-order valence-electron chi connectivity index (χ0n) is 16.2. The van der Waals surface area contributed by atoms with Crippen molar-refractivity contribution in [3.63, 3.8) is 0 Å². The van der Waals surface area contributed by atoms with Crippen molar-refractivity contribution in [3.05, 3.63) is 77.9 Å². The summed E-state index contributed by atoms with van der Waals surface area (Å²) in [5.74, 6) is -0.612. The van der Waals surface area contributed by atoms with Crippen molar-refractivity contribution in [1.29, 1.82) is 5.26 Å². The van der Waals surface area contributed by atoms with Crippen LogP contribution in [0.15, 0.2) is 66.8 Å². The Hall–Kier alpha value is -3.12. The largest absolute Gasteiger partial charge is 0.455 e. The molecule has 0 heterocycles. The van der Waals surface area contributed by atoms with E-state index in [1.165, 1.54) is 0 Å². The number of esters is 1. The van der Waals surface area contributed by atoms with Crippen LogP contribution in [0, 0.1) is 16.7 Å². The van der Waals surface area contributed by atoms with Crippen LogP contribution in [0.2, 0.25) is 0 Å². The lowest BCUT2D eigenvalue weighted by Gasteiger charge is -2.38. The normalized spacial score (nSPS) is 12.6. The fourth-order valence-electron chi connectivity index (χ4n) is 3.15. The topological polar surface area (TPSA) is 50.1 Å². The SMILES string of the molecule is C=CC(C)(C)C(C)(C)OC(=O)C(C#N)=C1c2ccccc2-c2ccccc21. The highest BCUT2D eigenvalue weighted by Crippen LogP contribution is 2.46. The molecule has 2 aromatic rings. The fraction of sp³-hybridized carbons (Fsp3) is 0.250. The van der Waals surface area contributed by atoms with E-state index in [1.54, 1.807) is 6.08 Å². The number of carbonyl (C=O) groups excluding carboxylic acids is 1. The molecule has 0 saturated carbocycles. The van der Waals surface area contributed by atoms with Crippen molar-refractivity contribution in [1.82, 2.24) is 0 Å². The van der Waals surface area contributed by atoms with Crippen molar-refractivity contribution in [3.8, 4) is 17.2 Å². The first-order valence-electron chi connectivity index (χ1n) is 8.94. The second kappa shape index (κ2) is 6.55. The number of nitrogens with zero attached hydrogens (tertiary/aromatic N) is 1. The number of carbonyl (C=O) groups is 1. The predicted molar refractivity (Wildman–Crippen MR) is 108 cm³/mol. The zero-order chi connectivity index (χ0) is 19.8. The van der Waals surface area contributed by atoms with Gasteiger partial charge in [0.25, 0.3) is 0 Å². The Kier molecular flexibility index (Phi) is 4.53. The third-order valence-corrected chi connectivity index (χ3v) is 5.66. The monoisotopic (exact) mass is 357 g/mol. The summed E-state index contributed by atoms with van der Waals surface area (Å²) in [4.78, 5) is 13.0. The molecule has 0 aliphatic heterocycles. The van der Waals surface area contributed by atoms with E-state index in [9.17, 15) is 10.1 Å². The van der Waals surface area contributed by atoms with E-state index in [1.807, 2.05) is 76.2 Å². The van der Waals surface area contributed by atoms with Crippen molar-refractivity contribution in [2.45, 2.75) is 33.3 Å². The summed E-state index contributed by atoms with van der Waals surface area (Å²) < 4.78 is 5.80. The highest BCUT2D eigenvalue weighted by molar-refractivity contribution is 6.12. The molecular formula is C24H23NO2. The van der Waals surface area contributed by atoms with Gasteiger partial charge in [-0.05, 0) is 36.1 Å². The molecule has 0 amide bonds. The summed E-state index contributed by atoms with van der Waals surface area (Å²) >= 11 is 0. The third kappa shape index (κ3) is 2.98. The van der Waals surface area contributed by atoms with Gasteiger partial charge in [0.2, 0.25) is 0 Å². The maximum Gasteiger partial charge on any atom is 0.350 e. The molecule has 0 bridgehead atoms. The highest BCUT2D eigenvalue weighted by Gasteiger charge is 2.40. The average Bonchev–Trinajstić information content (AvgIpc) is 2.97. The van der Waals surface area contributed by atoms with Crippen LogP contribution in [-0.4, -0.2) is 11.6 Å². The summed E-state index contributed by atoms with van der Waals surface area (Å²) in [5, 5.41) is 9.84. The molecular weight excluding hydrogens is 334 g/mol. The van der Waals surface area contributed by atoms with E-state index in [0.29, 0.717) is 5.57 Å². The number of fused-ring (bicyclic) bond motifs is 3. The van der Waals surface area contributed by atoms with Crippen molar-refractivity contribution in [2.24, 2.45) is 5.41 Å². The third-order valence-electron chi connectivity index (χ3n) is 5.66. The molecule has 0 radical (unpaired) electrons. The van der Waals surface area contributed by atoms with Crippen LogP contribution in [0.4, 0.5) is 0 Å². The lowest BCUT2D eigenvalue weighted by molar-refractivity contribution is -0.159. The van der Waals surface area contributed by atoms with Gasteiger partial charge in [0.15, 0.2) is 0 Å². The Bertz CT molecular complexity index is 956. The maximum atomic E-state index is 13.0. The number of hydrogen-bond acceptors (Lipinski definition) is 3. The molecule has 3 nitrogen and oxygen atoms in total. The Morgan fingerprint density at radius 3 is 1.81 bits per heavy atom. The molecule has 0 fully saturated rings. The van der Waals surface area contributed by atoms with E-state index in [2.05, 4.69) is 12.6 Å². The molecule has 0 aromatic heterocycles. The predicted octanol–water partition coefficient (Wildman–Crippen LogP) is 5.53. The van der Waals surface area contributed by atoms with Crippen LogP contribution in [-0.2, 0) is 9.53 Å². The highest BCUT2D eigenvalue weighted by atomic mass is 16.6. The first-order chi connectivity index (χ1) is 12.7. The van der Waals surface area contributed by atoms with E-state index >= 15 is 0 Å². The van der Waals surface area contributed by atoms with Gasteiger partial charge in [0, 0.05) is 11.0 Å². The Labute approximate surface area is 160 Å². The summed E-state index contributed by atoms with van der Waals surface area (Å²) in [6, 6.07) is 17.7. The first kappa shape index (κ1) is 18.7. The summed E-state index contributed by atoms with van der Waals surface area (Å²) in [5.41, 5.74) is 3.22. The van der Waals surface area contributed by atoms with E-state index in [0.717, 1.165) is 22.3 Å². The molecule has 0 atom stereocenters. The Morgan fingerprint density at radius 2 is 1.41 bits per heavy atom. The van der Waals surface area contributed by atoms with Crippen LogP contribution in [0.3, 0.4) is 0 Å². The molecule has 2 aromatic carbocycles. The van der Waals surface area contributed by atoms with E-state index in [-0.39, 0.29) is 5.57 Å². The molecule has 1 aliphatic rings. The molecule has 0 N–H and O–H groups in total. The van der Waals surface area contributed by atoms with Gasteiger partial charge < -0.3 is 4.74 Å². The summed E-state index contributed by atoms with van der Waals surface area (Å²) in [6.45, 7) is 11.4. The number of hydrogen-bond donors (Lipinski definition) is 0. The van der Waals surface area contributed by atoms with E-state index < -0.39 is 17.0 Å². The van der Waals surface area contributed by atoms with Gasteiger partial charge >= 0.3 is 5.97 Å². The van der Waals surface area contributed by atoms with Crippen LogP contribution < -0.4 is 0 Å². The molecule has 3 heteroatoms. The van der Waals surface area contributed by atoms with Gasteiger partial charge in [-0.2, -0.15) is 5.26 Å². The second-order valence-electron chi connectivity index (χ2n) is 7.78. The minimum Gasteiger partial charge on any atom is -0.455 e. The van der Waals surface area contributed by atoms with E-state index in [4.69, 9.17) is 4.74 Å². The molecule has 27 heavy (non-hydrogen) atoms. The summed E-state index contributed by atoms with van der Waals surface area (Å²) in [6.07, 6.45) is 1.76. The maximum absolute atomic E-state index is 13.0. The van der Waals surface area contributed by atoms with Crippen LogP contribution in [0.1, 0.15) is 38.8 Å². The van der Waals surface area contributed by atoms with Gasteiger partial charge in [-0.3, -0.25) is 0 Å². The fourth-order valence-corrected chi connectivity index (χ4v) is 3.15. The Balaban J connectivity index is 2.15.